The van der Waals surface area contributed by atoms with Gasteiger partial charge in [0, 0.05) is 19.0 Å². The molecule has 3 rings (SSSR count). The molecule has 1 fully saturated rings. The predicted octanol–water partition coefficient (Wildman–Crippen LogP) is 2.30. The molecule has 2 N–H and O–H groups in total. The third-order valence-electron chi connectivity index (χ3n) is 4.76. The molecule has 150 valence electrons. The predicted molar refractivity (Wildman–Crippen MR) is 102 cm³/mol. The third-order valence-corrected chi connectivity index (χ3v) is 4.76. The Bertz CT molecular complexity index is 833. The van der Waals surface area contributed by atoms with E-state index in [1.165, 1.54) is 12.1 Å². The van der Waals surface area contributed by atoms with Crippen LogP contribution in [0, 0.1) is 18.7 Å². The summed E-state index contributed by atoms with van der Waals surface area (Å²) in [6.45, 7) is 6.19. The fourth-order valence-corrected chi connectivity index (χ4v) is 3.51. The van der Waals surface area contributed by atoms with Gasteiger partial charge >= 0.3 is 0 Å². The molecule has 1 aliphatic heterocycles. The van der Waals surface area contributed by atoms with E-state index >= 15 is 0 Å². The Kier molecular flexibility index (Phi) is 6.06. The van der Waals surface area contributed by atoms with Gasteiger partial charge in [-0.3, -0.25) is 14.7 Å². The molecular weight excluding hydrogens is 361 g/mol. The maximum absolute atomic E-state index is 13.1. The number of hydrogen-bond donors (Lipinski definition) is 2. The average Bonchev–Trinajstić information content (AvgIpc) is 3.22. The molecule has 0 saturated carbocycles. The van der Waals surface area contributed by atoms with Gasteiger partial charge in [-0.2, -0.15) is 5.10 Å². The summed E-state index contributed by atoms with van der Waals surface area (Å²) in [5.74, 6) is 1.04. The lowest BCUT2D eigenvalue weighted by molar-refractivity contribution is -0.132. The second kappa shape index (κ2) is 8.50. The molecule has 1 saturated heterocycles. The van der Waals surface area contributed by atoms with Crippen molar-refractivity contribution in [2.75, 3.05) is 6.54 Å². The number of aromatic nitrogens is 3. The number of hydrogen-bond acceptors (Lipinski definition) is 4. The lowest BCUT2D eigenvalue weighted by Crippen LogP contribution is -2.39. The van der Waals surface area contributed by atoms with Crippen LogP contribution in [0.1, 0.15) is 49.9 Å². The molecule has 1 aliphatic rings. The number of nitrogens with zero attached hydrogens (tertiary/aromatic N) is 3. The molecule has 1 aromatic carbocycles. The van der Waals surface area contributed by atoms with E-state index in [1.54, 1.807) is 24.0 Å². The molecule has 0 bridgehead atoms. The van der Waals surface area contributed by atoms with Crippen molar-refractivity contribution in [3.8, 4) is 0 Å². The van der Waals surface area contributed by atoms with Crippen molar-refractivity contribution >= 4 is 11.8 Å². The third kappa shape index (κ3) is 4.94. The first kappa shape index (κ1) is 20.0. The van der Waals surface area contributed by atoms with Gasteiger partial charge in [0.25, 0.3) is 0 Å². The lowest BCUT2D eigenvalue weighted by Gasteiger charge is -2.22. The van der Waals surface area contributed by atoms with Crippen LogP contribution in [0.5, 0.6) is 0 Å². The fourth-order valence-electron chi connectivity index (χ4n) is 3.51. The van der Waals surface area contributed by atoms with Gasteiger partial charge in [-0.15, -0.1) is 0 Å². The highest BCUT2D eigenvalue weighted by Crippen LogP contribution is 2.31. The molecule has 0 radical (unpaired) electrons. The fraction of sp³-hybridized carbons (Fsp3) is 0.500. The zero-order valence-electron chi connectivity index (χ0n) is 16.4. The first-order chi connectivity index (χ1) is 13.3. The second-order valence-electron chi connectivity index (χ2n) is 7.74. The first-order valence-corrected chi connectivity index (χ1v) is 9.54. The van der Waals surface area contributed by atoms with Crippen LogP contribution in [-0.2, 0) is 16.0 Å². The standard InChI is InChI=1S/C20H26FN5O2/c1-12(2)8-18(27)23-16-10-17(20-22-13(3)24-25-20)26(11-16)19(28)9-14-4-6-15(21)7-5-14/h4-7,12,16-17H,8-11H2,1-3H3,(H,23,27)(H,22,24,25). The quantitative estimate of drug-likeness (QED) is 0.796. The van der Waals surface area contributed by atoms with E-state index in [2.05, 4.69) is 20.5 Å². The van der Waals surface area contributed by atoms with Crippen LogP contribution in [0.3, 0.4) is 0 Å². The summed E-state index contributed by atoms with van der Waals surface area (Å²) in [7, 11) is 0. The SMILES string of the molecule is Cc1nc(C2CC(NC(=O)CC(C)C)CN2C(=O)Cc2ccc(F)cc2)n[nH]1. The highest BCUT2D eigenvalue weighted by molar-refractivity contribution is 5.80. The van der Waals surface area contributed by atoms with E-state index in [1.807, 2.05) is 13.8 Å². The number of aromatic amines is 1. The number of aryl methyl sites for hydroxylation is 1. The molecule has 0 spiro atoms. The molecule has 1 aromatic heterocycles. The number of benzene rings is 1. The Morgan fingerprint density at radius 2 is 2.04 bits per heavy atom. The van der Waals surface area contributed by atoms with E-state index in [-0.39, 0.29) is 42.1 Å². The van der Waals surface area contributed by atoms with Gasteiger partial charge < -0.3 is 10.2 Å². The number of nitrogens with one attached hydrogen (secondary N) is 2. The van der Waals surface area contributed by atoms with E-state index in [4.69, 9.17) is 0 Å². The summed E-state index contributed by atoms with van der Waals surface area (Å²) in [4.78, 5) is 31.2. The largest absolute Gasteiger partial charge is 0.351 e. The number of amides is 2. The van der Waals surface area contributed by atoms with Gasteiger partial charge in [-0.25, -0.2) is 9.37 Å². The molecule has 2 amide bonds. The highest BCUT2D eigenvalue weighted by atomic mass is 19.1. The van der Waals surface area contributed by atoms with Crippen molar-refractivity contribution in [3.05, 3.63) is 47.3 Å². The molecule has 0 aliphatic carbocycles. The zero-order valence-corrected chi connectivity index (χ0v) is 16.4. The lowest BCUT2D eigenvalue weighted by atomic mass is 10.1. The Morgan fingerprint density at radius 1 is 1.32 bits per heavy atom. The van der Waals surface area contributed by atoms with Crippen LogP contribution in [-0.4, -0.2) is 44.5 Å². The summed E-state index contributed by atoms with van der Waals surface area (Å²) in [5.41, 5.74) is 0.739. The van der Waals surface area contributed by atoms with Crippen molar-refractivity contribution in [3.63, 3.8) is 0 Å². The minimum Gasteiger partial charge on any atom is -0.351 e. The normalized spacial score (nSPS) is 19.2. The van der Waals surface area contributed by atoms with Crippen molar-refractivity contribution in [2.45, 2.75) is 52.1 Å². The molecule has 8 heteroatoms. The summed E-state index contributed by atoms with van der Waals surface area (Å²) in [6.07, 6.45) is 1.17. The van der Waals surface area contributed by atoms with Crippen LogP contribution in [0.25, 0.3) is 0 Å². The molecular formula is C20H26FN5O2. The minimum atomic E-state index is -0.334. The van der Waals surface area contributed by atoms with E-state index < -0.39 is 0 Å². The second-order valence-corrected chi connectivity index (χ2v) is 7.74. The number of carbonyl (C=O) groups is 2. The van der Waals surface area contributed by atoms with E-state index in [0.717, 1.165) is 5.56 Å². The van der Waals surface area contributed by atoms with Crippen LogP contribution < -0.4 is 5.32 Å². The Hall–Kier alpha value is -2.77. The van der Waals surface area contributed by atoms with Crippen LogP contribution in [0.2, 0.25) is 0 Å². The number of carbonyl (C=O) groups excluding carboxylic acids is 2. The summed E-state index contributed by atoms with van der Waals surface area (Å²) in [5, 5.41) is 10.1. The van der Waals surface area contributed by atoms with Gasteiger partial charge in [0.2, 0.25) is 11.8 Å². The summed E-state index contributed by atoms with van der Waals surface area (Å²) < 4.78 is 13.1. The van der Waals surface area contributed by atoms with E-state index in [0.29, 0.717) is 31.0 Å². The van der Waals surface area contributed by atoms with Gasteiger partial charge in [0.05, 0.1) is 12.5 Å². The highest BCUT2D eigenvalue weighted by Gasteiger charge is 2.38. The Balaban J connectivity index is 1.74. The number of rotatable bonds is 6. The zero-order chi connectivity index (χ0) is 20.3. The van der Waals surface area contributed by atoms with Crippen LogP contribution in [0.4, 0.5) is 4.39 Å². The number of halogens is 1. The maximum Gasteiger partial charge on any atom is 0.227 e. The molecule has 2 heterocycles. The van der Waals surface area contributed by atoms with Crippen LogP contribution >= 0.6 is 0 Å². The molecule has 7 nitrogen and oxygen atoms in total. The average molecular weight is 387 g/mol. The van der Waals surface area contributed by atoms with Crippen LogP contribution in [0.15, 0.2) is 24.3 Å². The van der Waals surface area contributed by atoms with E-state index in [9.17, 15) is 14.0 Å². The molecule has 28 heavy (non-hydrogen) atoms. The monoisotopic (exact) mass is 387 g/mol. The van der Waals surface area contributed by atoms with Gasteiger partial charge in [-0.05, 0) is 37.0 Å². The number of likely N-dealkylation sites (tertiary alicyclic amines) is 1. The molecule has 2 unspecified atom stereocenters. The first-order valence-electron chi connectivity index (χ1n) is 9.54. The van der Waals surface area contributed by atoms with Gasteiger partial charge in [-0.1, -0.05) is 26.0 Å². The number of H-pyrrole nitrogens is 1. The van der Waals surface area contributed by atoms with Crippen molar-refractivity contribution in [2.24, 2.45) is 5.92 Å². The molecule has 2 aromatic rings. The van der Waals surface area contributed by atoms with Gasteiger partial charge in [0.1, 0.15) is 11.6 Å². The Morgan fingerprint density at radius 3 is 2.64 bits per heavy atom. The van der Waals surface area contributed by atoms with Crippen molar-refractivity contribution in [1.82, 2.24) is 25.4 Å². The summed E-state index contributed by atoms with van der Waals surface area (Å²) in [6, 6.07) is 5.46. The topological polar surface area (TPSA) is 91.0 Å². The Labute approximate surface area is 163 Å². The smallest absolute Gasteiger partial charge is 0.227 e. The van der Waals surface area contributed by atoms with Crippen molar-refractivity contribution in [1.29, 1.82) is 0 Å². The molecule has 2 atom stereocenters. The maximum atomic E-state index is 13.1. The van der Waals surface area contributed by atoms with Crippen molar-refractivity contribution < 1.29 is 14.0 Å². The van der Waals surface area contributed by atoms with Gasteiger partial charge in [0.15, 0.2) is 5.82 Å². The minimum absolute atomic E-state index is 0.0160. The summed E-state index contributed by atoms with van der Waals surface area (Å²) >= 11 is 0.